The quantitative estimate of drug-likeness (QED) is 0.470. The van der Waals surface area contributed by atoms with Crippen molar-refractivity contribution in [1.82, 2.24) is 0 Å². The Hall–Kier alpha value is -1.11. The van der Waals surface area contributed by atoms with Crippen LogP contribution in [0.1, 0.15) is 45.4 Å². The maximum absolute atomic E-state index is 13.7. The van der Waals surface area contributed by atoms with Crippen LogP contribution < -0.4 is 0 Å². The van der Waals surface area contributed by atoms with E-state index in [4.69, 9.17) is 8.37 Å². The molecule has 5 saturated carbocycles. The molecule has 27 heavy (non-hydrogen) atoms. The van der Waals surface area contributed by atoms with E-state index in [-0.39, 0.29) is 53.4 Å². The third-order valence-corrected chi connectivity index (χ3v) is 9.12. The van der Waals surface area contributed by atoms with Crippen molar-refractivity contribution in [2.45, 2.75) is 45.4 Å². The van der Waals surface area contributed by atoms with Gasteiger partial charge in [-0.3, -0.25) is 18.0 Å². The van der Waals surface area contributed by atoms with Gasteiger partial charge in [-0.05, 0) is 60.5 Å². The summed E-state index contributed by atoms with van der Waals surface area (Å²) in [6.45, 7) is 10.9. The molecule has 1 spiro atoms. The third kappa shape index (κ3) is 1.99. The summed E-state index contributed by atoms with van der Waals surface area (Å²) >= 11 is -1.79. The van der Waals surface area contributed by atoms with Gasteiger partial charge in [0.25, 0.3) is 0 Å². The Balaban J connectivity index is 1.74. The Bertz CT molecular complexity index is 817. The molecule has 7 atom stereocenters. The summed E-state index contributed by atoms with van der Waals surface area (Å²) in [4.78, 5) is 27.0. The van der Waals surface area contributed by atoms with Gasteiger partial charge in [-0.1, -0.05) is 26.5 Å². The lowest BCUT2D eigenvalue weighted by atomic mass is 9.35. The van der Waals surface area contributed by atoms with Crippen LogP contribution in [-0.4, -0.2) is 29.0 Å². The first-order chi connectivity index (χ1) is 12.8. The SMILES string of the molecule is C=C1C(=O)[C@@]23CC[C@@H](CC2[C@@]24CCC[C@@](C)(COS(=O)OC2)C14)C(=C)C3=O. The summed E-state index contributed by atoms with van der Waals surface area (Å²) in [5.74, 6) is -0.175. The van der Waals surface area contributed by atoms with Crippen LogP contribution in [-0.2, 0) is 29.3 Å². The Labute approximate surface area is 162 Å². The third-order valence-electron chi connectivity index (χ3n) is 8.50. The van der Waals surface area contributed by atoms with Crippen molar-refractivity contribution in [3.05, 3.63) is 24.3 Å². The minimum absolute atomic E-state index is 0.0688. The standard InChI is InChI=1S/C21H26O5S/c1-12-14-5-8-21(17(12)22)15(9-14)20-7-4-6-19(3,10-25-27(24)26-11-20)16(20)13(2)18(21)23/h14-16H,1-2,4-11H2,3H3/t14-,15?,16?,19-,20+,21-,27?/m0/s1. The van der Waals surface area contributed by atoms with Gasteiger partial charge in [-0.15, -0.1) is 0 Å². The van der Waals surface area contributed by atoms with Gasteiger partial charge in [-0.25, -0.2) is 0 Å². The van der Waals surface area contributed by atoms with Crippen LogP contribution in [0.3, 0.4) is 0 Å². The molecule has 146 valence electrons. The monoisotopic (exact) mass is 390 g/mol. The molecule has 1 heterocycles. The summed E-state index contributed by atoms with van der Waals surface area (Å²) in [7, 11) is 0. The van der Waals surface area contributed by atoms with Gasteiger partial charge in [-0.2, -0.15) is 4.21 Å². The van der Waals surface area contributed by atoms with E-state index in [2.05, 4.69) is 20.1 Å². The largest absolute Gasteiger partial charge is 0.304 e. The fourth-order valence-electron chi connectivity index (χ4n) is 7.49. The number of hydrogen-bond acceptors (Lipinski definition) is 5. The number of hydrogen-bond donors (Lipinski definition) is 0. The lowest BCUT2D eigenvalue weighted by molar-refractivity contribution is -0.188. The molecule has 6 heteroatoms. The van der Waals surface area contributed by atoms with Crippen LogP contribution in [0.15, 0.2) is 24.3 Å². The van der Waals surface area contributed by atoms with Crippen LogP contribution in [0, 0.1) is 34.0 Å². The van der Waals surface area contributed by atoms with Crippen molar-refractivity contribution < 1.29 is 22.2 Å². The molecule has 5 aliphatic carbocycles. The summed E-state index contributed by atoms with van der Waals surface area (Å²) in [5, 5.41) is 0. The van der Waals surface area contributed by atoms with Crippen molar-refractivity contribution in [3.8, 4) is 0 Å². The molecular weight excluding hydrogens is 364 g/mol. The van der Waals surface area contributed by atoms with Gasteiger partial charge in [0.15, 0.2) is 11.6 Å². The summed E-state index contributed by atoms with van der Waals surface area (Å²) < 4.78 is 23.2. The van der Waals surface area contributed by atoms with E-state index in [1.165, 1.54) is 0 Å². The van der Waals surface area contributed by atoms with E-state index < -0.39 is 16.8 Å². The first-order valence-electron chi connectivity index (χ1n) is 9.92. The zero-order chi connectivity index (χ0) is 19.2. The number of carbonyl (C=O) groups excluding carboxylic acids is 2. The molecule has 6 rings (SSSR count). The van der Waals surface area contributed by atoms with E-state index >= 15 is 0 Å². The smallest absolute Gasteiger partial charge is 0.293 e. The molecule has 1 aliphatic heterocycles. The lowest BCUT2D eigenvalue weighted by Crippen LogP contribution is -2.70. The van der Waals surface area contributed by atoms with Crippen molar-refractivity contribution in [2.24, 2.45) is 34.0 Å². The van der Waals surface area contributed by atoms with E-state index in [1.807, 2.05) is 0 Å². The van der Waals surface area contributed by atoms with Gasteiger partial charge < -0.3 is 0 Å². The fourth-order valence-corrected chi connectivity index (χ4v) is 8.24. The molecule has 3 unspecified atom stereocenters. The van der Waals surface area contributed by atoms with Crippen LogP contribution in [0.5, 0.6) is 0 Å². The second-order valence-corrected chi connectivity index (χ2v) is 10.5. The van der Waals surface area contributed by atoms with Gasteiger partial charge in [0.1, 0.15) is 0 Å². The van der Waals surface area contributed by atoms with Gasteiger partial charge >= 0.3 is 11.4 Å². The number of allylic oxidation sites excluding steroid dienone is 2. The topological polar surface area (TPSA) is 69.7 Å². The van der Waals surface area contributed by atoms with E-state index in [1.54, 1.807) is 0 Å². The zero-order valence-electron chi connectivity index (χ0n) is 15.8. The highest BCUT2D eigenvalue weighted by atomic mass is 32.2. The normalized spacial score (nSPS) is 52.0. The van der Waals surface area contributed by atoms with Crippen LogP contribution in [0.2, 0.25) is 0 Å². The molecule has 0 amide bonds. The average Bonchev–Trinajstić information content (AvgIpc) is 2.66. The minimum Gasteiger partial charge on any atom is -0.293 e. The molecule has 0 aromatic carbocycles. The predicted molar refractivity (Wildman–Crippen MR) is 99.5 cm³/mol. The molecule has 0 N–H and O–H groups in total. The first-order valence-corrected chi connectivity index (χ1v) is 10.9. The van der Waals surface area contributed by atoms with Crippen LogP contribution in [0.25, 0.3) is 0 Å². The van der Waals surface area contributed by atoms with Crippen molar-refractivity contribution >= 4 is 22.9 Å². The number of fused-ring (bicyclic) bond motifs is 2. The number of Topliss-reactive ketones (excluding diaryl/α,β-unsaturated/α-hetero) is 2. The maximum Gasteiger partial charge on any atom is 0.304 e. The first kappa shape index (κ1) is 18.0. The summed E-state index contributed by atoms with van der Waals surface area (Å²) in [6, 6.07) is 0. The minimum atomic E-state index is -1.79. The number of rotatable bonds is 0. The molecule has 0 aromatic rings. The van der Waals surface area contributed by atoms with Gasteiger partial charge in [0, 0.05) is 11.3 Å². The highest BCUT2D eigenvalue weighted by molar-refractivity contribution is 7.75. The molecule has 4 bridgehead atoms. The molecule has 0 radical (unpaired) electrons. The molecule has 6 aliphatic rings. The van der Waals surface area contributed by atoms with Crippen LogP contribution >= 0.6 is 0 Å². The second kappa shape index (κ2) is 5.49. The summed E-state index contributed by atoms with van der Waals surface area (Å²) in [6.07, 6.45) is 4.98. The Kier molecular flexibility index (Phi) is 3.65. The van der Waals surface area contributed by atoms with E-state index in [9.17, 15) is 13.8 Å². The van der Waals surface area contributed by atoms with Crippen molar-refractivity contribution in [3.63, 3.8) is 0 Å². The predicted octanol–water partition coefficient (Wildman–Crippen LogP) is 3.09. The Morgan fingerprint density at radius 1 is 1.04 bits per heavy atom. The lowest BCUT2D eigenvalue weighted by Gasteiger charge is -2.67. The van der Waals surface area contributed by atoms with Crippen LogP contribution in [0.4, 0.5) is 0 Å². The molecule has 0 aromatic heterocycles. The second-order valence-electron chi connectivity index (χ2n) is 9.61. The van der Waals surface area contributed by atoms with Gasteiger partial charge in [0.05, 0.1) is 18.6 Å². The van der Waals surface area contributed by atoms with E-state index in [0.717, 1.165) is 32.1 Å². The van der Waals surface area contributed by atoms with Gasteiger partial charge in [0.2, 0.25) is 0 Å². The zero-order valence-corrected chi connectivity index (χ0v) is 16.6. The van der Waals surface area contributed by atoms with Crippen molar-refractivity contribution in [2.75, 3.05) is 13.2 Å². The molecule has 5 nitrogen and oxygen atoms in total. The maximum atomic E-state index is 13.7. The Morgan fingerprint density at radius 2 is 1.74 bits per heavy atom. The van der Waals surface area contributed by atoms with E-state index in [0.29, 0.717) is 17.6 Å². The molecule has 6 fully saturated rings. The Morgan fingerprint density at radius 3 is 2.52 bits per heavy atom. The van der Waals surface area contributed by atoms with Crippen molar-refractivity contribution in [1.29, 1.82) is 0 Å². The highest BCUT2D eigenvalue weighted by Gasteiger charge is 2.73. The molecular formula is C21H26O5S. The molecule has 1 saturated heterocycles. The fraction of sp³-hybridized carbons (Fsp3) is 0.714. The highest BCUT2D eigenvalue weighted by Crippen LogP contribution is 2.71. The number of carbonyl (C=O) groups is 2. The summed E-state index contributed by atoms with van der Waals surface area (Å²) in [5.41, 5.74) is -0.557. The number of ketones is 2. The average molecular weight is 391 g/mol.